The van der Waals surface area contributed by atoms with Crippen molar-refractivity contribution in [3.8, 4) is 0 Å². The second-order valence-electron chi connectivity index (χ2n) is 8.90. The van der Waals surface area contributed by atoms with Gasteiger partial charge >= 0.3 is 6.03 Å². The molecule has 37 heavy (non-hydrogen) atoms. The third kappa shape index (κ3) is 6.65. The zero-order valence-electron chi connectivity index (χ0n) is 20.4. The molecule has 3 aromatic carbocycles. The van der Waals surface area contributed by atoms with Gasteiger partial charge in [-0.25, -0.2) is 22.3 Å². The Labute approximate surface area is 216 Å². The summed E-state index contributed by atoms with van der Waals surface area (Å²) in [6.07, 6.45) is 0.186. The molecule has 0 aliphatic carbocycles. The number of para-hydroxylation sites is 1. The number of carbonyl (C=O) groups excluding carboxylic acids is 2. The smallest absolute Gasteiger partial charge is 0.329 e. The van der Waals surface area contributed by atoms with E-state index < -0.39 is 22.1 Å². The molecule has 0 saturated carbocycles. The quantitative estimate of drug-likeness (QED) is 0.495. The van der Waals surface area contributed by atoms with Crippen LogP contribution in [0.4, 0.5) is 14.9 Å². The maximum absolute atomic E-state index is 14.2. The molecule has 1 fully saturated rings. The van der Waals surface area contributed by atoms with E-state index in [4.69, 9.17) is 0 Å². The SMILES string of the molecule is Cc1ccc(S(=O)(=O)NC(=O)NC(Cc2ccccc2)C(=O)N2CCN(c3ccccc3F)CC2)cc1. The fraction of sp³-hybridized carbons (Fsp3) is 0.259. The van der Waals surface area contributed by atoms with Crippen LogP contribution in [0.15, 0.2) is 83.8 Å². The molecule has 194 valence electrons. The fourth-order valence-electron chi connectivity index (χ4n) is 4.23. The van der Waals surface area contributed by atoms with E-state index in [-0.39, 0.29) is 23.0 Å². The monoisotopic (exact) mass is 524 g/mol. The maximum Gasteiger partial charge on any atom is 0.329 e. The number of sulfonamides is 1. The van der Waals surface area contributed by atoms with Crippen LogP contribution in [0.25, 0.3) is 0 Å². The minimum atomic E-state index is -4.12. The second kappa shape index (κ2) is 11.4. The Bertz CT molecular complexity index is 1340. The summed E-state index contributed by atoms with van der Waals surface area (Å²) in [7, 11) is -4.12. The van der Waals surface area contributed by atoms with E-state index in [2.05, 4.69) is 5.32 Å². The minimum absolute atomic E-state index is 0.0524. The van der Waals surface area contributed by atoms with Gasteiger partial charge in [-0.05, 0) is 36.8 Å². The molecule has 1 aliphatic heterocycles. The lowest BCUT2D eigenvalue weighted by atomic mass is 10.0. The first-order valence-corrected chi connectivity index (χ1v) is 13.4. The van der Waals surface area contributed by atoms with Crippen LogP contribution < -0.4 is 14.9 Å². The van der Waals surface area contributed by atoms with E-state index in [0.717, 1.165) is 11.1 Å². The molecule has 1 aliphatic rings. The highest BCUT2D eigenvalue weighted by atomic mass is 32.2. The molecule has 0 aromatic heterocycles. The molecule has 10 heteroatoms. The van der Waals surface area contributed by atoms with Crippen molar-refractivity contribution in [1.82, 2.24) is 14.9 Å². The lowest BCUT2D eigenvalue weighted by molar-refractivity contribution is -0.133. The normalized spacial score (nSPS) is 14.6. The summed E-state index contributed by atoms with van der Waals surface area (Å²) in [5.74, 6) is -0.655. The number of rotatable bonds is 7. The van der Waals surface area contributed by atoms with Gasteiger partial charge in [0.05, 0.1) is 10.6 Å². The summed E-state index contributed by atoms with van der Waals surface area (Å²) in [6.45, 7) is 3.36. The number of amides is 3. The van der Waals surface area contributed by atoms with E-state index >= 15 is 0 Å². The van der Waals surface area contributed by atoms with Crippen LogP contribution in [0.1, 0.15) is 11.1 Å². The number of hydrogen-bond donors (Lipinski definition) is 2. The van der Waals surface area contributed by atoms with Crippen molar-refractivity contribution in [1.29, 1.82) is 0 Å². The number of hydrogen-bond acceptors (Lipinski definition) is 5. The molecule has 4 rings (SSSR count). The number of halogens is 1. The first kappa shape index (κ1) is 26.2. The number of carbonyl (C=O) groups is 2. The molecular weight excluding hydrogens is 495 g/mol. The molecule has 1 heterocycles. The number of benzene rings is 3. The Morgan fingerprint density at radius 1 is 0.892 bits per heavy atom. The molecule has 8 nitrogen and oxygen atoms in total. The highest BCUT2D eigenvalue weighted by Gasteiger charge is 2.30. The predicted molar refractivity (Wildman–Crippen MR) is 139 cm³/mol. The first-order valence-electron chi connectivity index (χ1n) is 11.9. The Morgan fingerprint density at radius 3 is 2.16 bits per heavy atom. The second-order valence-corrected chi connectivity index (χ2v) is 10.6. The van der Waals surface area contributed by atoms with Crippen LogP contribution >= 0.6 is 0 Å². The number of aryl methyl sites for hydroxylation is 1. The van der Waals surface area contributed by atoms with E-state index in [1.807, 2.05) is 46.9 Å². The number of nitrogens with one attached hydrogen (secondary N) is 2. The highest BCUT2D eigenvalue weighted by molar-refractivity contribution is 7.90. The van der Waals surface area contributed by atoms with Crippen LogP contribution in [-0.2, 0) is 21.2 Å². The Morgan fingerprint density at radius 2 is 1.51 bits per heavy atom. The molecule has 1 unspecified atom stereocenters. The number of urea groups is 1. The average molecular weight is 525 g/mol. The van der Waals surface area contributed by atoms with Gasteiger partial charge in [0.25, 0.3) is 10.0 Å². The van der Waals surface area contributed by atoms with Gasteiger partial charge in [-0.3, -0.25) is 4.79 Å². The maximum atomic E-state index is 14.2. The summed E-state index contributed by atoms with van der Waals surface area (Å²) in [4.78, 5) is 29.6. The minimum Gasteiger partial charge on any atom is -0.366 e. The lowest BCUT2D eigenvalue weighted by Gasteiger charge is -2.37. The summed E-state index contributed by atoms with van der Waals surface area (Å²) in [5, 5.41) is 2.56. The molecule has 0 bridgehead atoms. The third-order valence-corrected chi connectivity index (χ3v) is 7.58. The molecule has 1 saturated heterocycles. The van der Waals surface area contributed by atoms with Gasteiger partial charge in [0.1, 0.15) is 11.9 Å². The molecule has 2 N–H and O–H groups in total. The largest absolute Gasteiger partial charge is 0.366 e. The number of anilines is 1. The molecule has 0 spiro atoms. The Kier molecular flexibility index (Phi) is 8.08. The zero-order valence-corrected chi connectivity index (χ0v) is 21.2. The summed E-state index contributed by atoms with van der Waals surface area (Å²) in [6, 6.07) is 19.8. The topological polar surface area (TPSA) is 98.8 Å². The average Bonchev–Trinajstić information content (AvgIpc) is 2.89. The van der Waals surface area contributed by atoms with E-state index in [1.54, 1.807) is 35.2 Å². The first-order chi connectivity index (χ1) is 17.7. The Hall–Kier alpha value is -3.92. The van der Waals surface area contributed by atoms with Crippen LogP contribution in [0, 0.1) is 12.7 Å². The van der Waals surface area contributed by atoms with Crippen molar-refractivity contribution in [2.75, 3.05) is 31.1 Å². The zero-order chi connectivity index (χ0) is 26.4. The van der Waals surface area contributed by atoms with Crippen molar-refractivity contribution in [2.45, 2.75) is 24.3 Å². The van der Waals surface area contributed by atoms with Crippen LogP contribution in [0.5, 0.6) is 0 Å². The van der Waals surface area contributed by atoms with Crippen molar-refractivity contribution < 1.29 is 22.4 Å². The number of nitrogens with zero attached hydrogens (tertiary/aromatic N) is 2. The predicted octanol–water partition coefficient (Wildman–Crippen LogP) is 3.08. The molecular formula is C27H29FN4O4S. The molecule has 3 amide bonds. The van der Waals surface area contributed by atoms with Gasteiger partial charge in [0.15, 0.2) is 0 Å². The van der Waals surface area contributed by atoms with Gasteiger partial charge in [-0.2, -0.15) is 0 Å². The Balaban J connectivity index is 1.45. The number of piperazine rings is 1. The lowest BCUT2D eigenvalue weighted by Crippen LogP contribution is -2.57. The van der Waals surface area contributed by atoms with Crippen LogP contribution in [-0.4, -0.2) is 57.5 Å². The molecule has 0 radical (unpaired) electrons. The van der Waals surface area contributed by atoms with E-state index in [9.17, 15) is 22.4 Å². The molecule has 3 aromatic rings. The van der Waals surface area contributed by atoms with E-state index in [0.29, 0.717) is 31.9 Å². The van der Waals surface area contributed by atoms with Crippen molar-refractivity contribution >= 4 is 27.6 Å². The highest BCUT2D eigenvalue weighted by Crippen LogP contribution is 2.20. The van der Waals surface area contributed by atoms with E-state index in [1.165, 1.54) is 18.2 Å². The van der Waals surface area contributed by atoms with Crippen LogP contribution in [0.2, 0.25) is 0 Å². The summed E-state index contributed by atoms with van der Waals surface area (Å²) < 4.78 is 41.5. The van der Waals surface area contributed by atoms with Gasteiger partial charge in [0, 0.05) is 32.6 Å². The van der Waals surface area contributed by atoms with Crippen LogP contribution in [0.3, 0.4) is 0 Å². The standard InChI is InChI=1S/C27H29FN4O4S/c1-20-11-13-22(14-12-20)37(35,36)30-27(34)29-24(19-21-7-3-2-4-8-21)26(33)32-17-15-31(16-18-32)25-10-6-5-9-23(25)28/h2-14,24H,15-19H2,1H3,(H2,29,30,34). The van der Waals surface area contributed by atoms with Gasteiger partial charge in [-0.1, -0.05) is 60.2 Å². The molecule has 1 atom stereocenters. The van der Waals surface area contributed by atoms with Gasteiger partial charge in [-0.15, -0.1) is 0 Å². The van der Waals surface area contributed by atoms with Gasteiger partial charge < -0.3 is 15.1 Å². The summed E-state index contributed by atoms with van der Waals surface area (Å²) in [5.41, 5.74) is 2.17. The summed E-state index contributed by atoms with van der Waals surface area (Å²) >= 11 is 0. The fourth-order valence-corrected chi connectivity index (χ4v) is 5.15. The third-order valence-electron chi connectivity index (χ3n) is 6.23. The van der Waals surface area contributed by atoms with Gasteiger partial charge in [0.2, 0.25) is 5.91 Å². The van der Waals surface area contributed by atoms with Crippen molar-refractivity contribution in [3.05, 3.63) is 95.8 Å². The van der Waals surface area contributed by atoms with Crippen molar-refractivity contribution in [3.63, 3.8) is 0 Å². The van der Waals surface area contributed by atoms with Crippen molar-refractivity contribution in [2.24, 2.45) is 0 Å².